The number of allylic oxidation sites excluding steroid dienone is 2. The molecule has 0 aromatic heterocycles. The van der Waals surface area contributed by atoms with Crippen molar-refractivity contribution in [1.29, 1.82) is 0 Å². The largest absolute Gasteiger partial charge is 0.325 e. The fourth-order valence-electron chi connectivity index (χ4n) is 3.91. The van der Waals surface area contributed by atoms with Crippen molar-refractivity contribution in [2.45, 2.75) is 12.3 Å². The predicted octanol–water partition coefficient (Wildman–Crippen LogP) is 6.39. The van der Waals surface area contributed by atoms with Crippen molar-refractivity contribution in [2.24, 2.45) is 5.92 Å². The number of hydrogen-bond donors (Lipinski definition) is 1. The van der Waals surface area contributed by atoms with Gasteiger partial charge in [0.25, 0.3) is 0 Å². The Labute approximate surface area is 185 Å². The maximum absolute atomic E-state index is 13.2. The summed E-state index contributed by atoms with van der Waals surface area (Å²) in [6.45, 7) is 0. The van der Waals surface area contributed by atoms with Crippen molar-refractivity contribution in [3.8, 4) is 0 Å². The van der Waals surface area contributed by atoms with Gasteiger partial charge in [0.2, 0.25) is 5.91 Å². The van der Waals surface area contributed by atoms with E-state index in [-0.39, 0.29) is 11.7 Å². The number of ketones is 1. The molecule has 0 radical (unpaired) electrons. The van der Waals surface area contributed by atoms with E-state index in [4.69, 9.17) is 23.2 Å². The van der Waals surface area contributed by atoms with Crippen molar-refractivity contribution in [1.82, 2.24) is 0 Å². The van der Waals surface area contributed by atoms with Gasteiger partial charge < -0.3 is 5.32 Å². The SMILES string of the molecule is O=C1C=C(c2ccccc2)C[C@@H](c2c(Cl)cccc2Cl)[C@@H]1C(=O)Nc1ccccc1. The molecule has 0 aliphatic heterocycles. The summed E-state index contributed by atoms with van der Waals surface area (Å²) >= 11 is 13.0. The number of carbonyl (C=O) groups excluding carboxylic acids is 2. The molecule has 0 saturated heterocycles. The third kappa shape index (κ3) is 4.18. The normalized spacial score (nSPS) is 18.6. The van der Waals surface area contributed by atoms with E-state index in [1.165, 1.54) is 0 Å². The van der Waals surface area contributed by atoms with Gasteiger partial charge in [0.05, 0.1) is 0 Å². The predicted molar refractivity (Wildman–Crippen MR) is 122 cm³/mol. The third-order valence-electron chi connectivity index (χ3n) is 5.30. The van der Waals surface area contributed by atoms with Crippen LogP contribution in [0, 0.1) is 5.92 Å². The minimum atomic E-state index is -0.921. The van der Waals surface area contributed by atoms with Gasteiger partial charge in [-0.3, -0.25) is 9.59 Å². The second kappa shape index (κ2) is 8.86. The van der Waals surface area contributed by atoms with Crippen LogP contribution in [0.4, 0.5) is 5.69 Å². The second-order valence-corrected chi connectivity index (χ2v) is 8.03. The standard InChI is InChI=1S/C25H19Cl2NO2/c26-20-12-7-13-21(27)23(20)19-14-17(16-8-3-1-4-9-16)15-22(29)24(19)25(30)28-18-10-5-2-6-11-18/h1-13,15,19,24H,14H2,(H,28,30)/t19-,24-/m0/s1. The summed E-state index contributed by atoms with van der Waals surface area (Å²) in [5.74, 6) is -2.01. The second-order valence-electron chi connectivity index (χ2n) is 7.22. The fourth-order valence-corrected chi connectivity index (χ4v) is 4.59. The van der Waals surface area contributed by atoms with E-state index < -0.39 is 11.8 Å². The van der Waals surface area contributed by atoms with E-state index >= 15 is 0 Å². The van der Waals surface area contributed by atoms with Gasteiger partial charge in [-0.25, -0.2) is 0 Å². The Balaban J connectivity index is 1.76. The number of amides is 1. The maximum Gasteiger partial charge on any atom is 0.235 e. The zero-order chi connectivity index (χ0) is 21.1. The molecule has 1 aliphatic rings. The molecule has 4 rings (SSSR count). The van der Waals surface area contributed by atoms with Crippen LogP contribution in [-0.2, 0) is 9.59 Å². The van der Waals surface area contributed by atoms with Crippen LogP contribution in [0.25, 0.3) is 5.57 Å². The Morgan fingerprint density at radius 2 is 1.43 bits per heavy atom. The fraction of sp³-hybridized carbons (Fsp3) is 0.120. The Hall–Kier alpha value is -2.88. The van der Waals surface area contributed by atoms with E-state index in [2.05, 4.69) is 5.32 Å². The number of para-hydroxylation sites is 1. The van der Waals surface area contributed by atoms with Crippen molar-refractivity contribution in [3.63, 3.8) is 0 Å². The molecule has 2 atom stereocenters. The molecular weight excluding hydrogens is 417 g/mol. The number of anilines is 1. The van der Waals surface area contributed by atoms with Crippen LogP contribution in [-0.4, -0.2) is 11.7 Å². The quantitative estimate of drug-likeness (QED) is 0.482. The smallest absolute Gasteiger partial charge is 0.235 e. The number of carbonyl (C=O) groups is 2. The summed E-state index contributed by atoms with van der Waals surface area (Å²) in [6, 6.07) is 24.0. The molecule has 1 aliphatic carbocycles. The number of benzene rings is 3. The van der Waals surface area contributed by atoms with Crippen LogP contribution in [0.5, 0.6) is 0 Å². The number of hydrogen-bond acceptors (Lipinski definition) is 2. The molecule has 0 heterocycles. The summed E-state index contributed by atoms with van der Waals surface area (Å²) in [6.07, 6.45) is 2.05. The summed E-state index contributed by atoms with van der Waals surface area (Å²) in [5.41, 5.74) is 3.08. The molecular formula is C25H19Cl2NO2. The first kappa shape index (κ1) is 20.4. The van der Waals surface area contributed by atoms with E-state index in [1.54, 1.807) is 36.4 Å². The van der Waals surface area contributed by atoms with E-state index in [0.717, 1.165) is 11.1 Å². The molecule has 0 spiro atoms. The van der Waals surface area contributed by atoms with Crippen LogP contribution in [0.1, 0.15) is 23.5 Å². The molecule has 1 amide bonds. The number of halogens is 2. The van der Waals surface area contributed by atoms with Gasteiger partial charge in [0, 0.05) is 21.7 Å². The molecule has 0 fully saturated rings. The summed E-state index contributed by atoms with van der Waals surface area (Å²) in [7, 11) is 0. The van der Waals surface area contributed by atoms with E-state index in [0.29, 0.717) is 27.7 Å². The van der Waals surface area contributed by atoms with Gasteiger partial charge >= 0.3 is 0 Å². The lowest BCUT2D eigenvalue weighted by Gasteiger charge is -2.31. The lowest BCUT2D eigenvalue weighted by molar-refractivity contribution is -0.129. The first-order valence-electron chi connectivity index (χ1n) is 9.64. The minimum absolute atomic E-state index is 0.255. The van der Waals surface area contributed by atoms with Gasteiger partial charge in [0.1, 0.15) is 5.92 Å². The molecule has 150 valence electrons. The monoisotopic (exact) mass is 435 g/mol. The first-order chi connectivity index (χ1) is 14.5. The van der Waals surface area contributed by atoms with Gasteiger partial charge in [-0.15, -0.1) is 0 Å². The van der Waals surface area contributed by atoms with Crippen LogP contribution in [0.15, 0.2) is 84.9 Å². The highest BCUT2D eigenvalue weighted by Crippen LogP contribution is 2.45. The Morgan fingerprint density at radius 3 is 2.07 bits per heavy atom. The topological polar surface area (TPSA) is 46.2 Å². The molecule has 1 N–H and O–H groups in total. The molecule has 0 saturated carbocycles. The Morgan fingerprint density at radius 1 is 0.833 bits per heavy atom. The molecule has 5 heteroatoms. The average molecular weight is 436 g/mol. The molecule has 3 nitrogen and oxygen atoms in total. The van der Waals surface area contributed by atoms with Crippen LogP contribution < -0.4 is 5.32 Å². The first-order valence-corrected chi connectivity index (χ1v) is 10.4. The van der Waals surface area contributed by atoms with Crippen molar-refractivity contribution in [2.75, 3.05) is 5.32 Å². The number of rotatable bonds is 4. The van der Waals surface area contributed by atoms with Gasteiger partial charge in [0.15, 0.2) is 5.78 Å². The highest BCUT2D eigenvalue weighted by molar-refractivity contribution is 6.36. The molecule has 0 unspecified atom stereocenters. The molecule has 3 aromatic carbocycles. The maximum atomic E-state index is 13.2. The summed E-state index contributed by atoms with van der Waals surface area (Å²) in [5, 5.41) is 3.76. The third-order valence-corrected chi connectivity index (χ3v) is 5.96. The summed E-state index contributed by atoms with van der Waals surface area (Å²) in [4.78, 5) is 26.4. The highest BCUT2D eigenvalue weighted by Gasteiger charge is 2.40. The Kier molecular flexibility index (Phi) is 6.03. The van der Waals surface area contributed by atoms with Crippen molar-refractivity contribution >= 4 is 46.2 Å². The van der Waals surface area contributed by atoms with Gasteiger partial charge in [-0.1, -0.05) is 77.8 Å². The molecule has 0 bridgehead atoms. The summed E-state index contributed by atoms with van der Waals surface area (Å²) < 4.78 is 0. The van der Waals surface area contributed by atoms with Gasteiger partial charge in [-0.05, 0) is 53.5 Å². The molecule has 3 aromatic rings. The van der Waals surface area contributed by atoms with Gasteiger partial charge in [-0.2, -0.15) is 0 Å². The lowest BCUT2D eigenvalue weighted by Crippen LogP contribution is -2.36. The zero-order valence-electron chi connectivity index (χ0n) is 16.0. The van der Waals surface area contributed by atoms with E-state index in [1.807, 2.05) is 48.5 Å². The van der Waals surface area contributed by atoms with E-state index in [9.17, 15) is 9.59 Å². The van der Waals surface area contributed by atoms with Crippen molar-refractivity contribution in [3.05, 3.63) is 106 Å². The zero-order valence-corrected chi connectivity index (χ0v) is 17.5. The highest BCUT2D eigenvalue weighted by atomic mass is 35.5. The minimum Gasteiger partial charge on any atom is -0.325 e. The number of nitrogens with one attached hydrogen (secondary N) is 1. The average Bonchev–Trinajstić information content (AvgIpc) is 2.74. The van der Waals surface area contributed by atoms with Crippen LogP contribution in [0.3, 0.4) is 0 Å². The van der Waals surface area contributed by atoms with Crippen molar-refractivity contribution < 1.29 is 9.59 Å². The van der Waals surface area contributed by atoms with Crippen LogP contribution in [0.2, 0.25) is 10.0 Å². The molecule has 30 heavy (non-hydrogen) atoms. The Bertz CT molecular complexity index is 1090. The lowest BCUT2D eigenvalue weighted by atomic mass is 9.73. The van der Waals surface area contributed by atoms with Crippen LogP contribution >= 0.6 is 23.2 Å².